The zero-order valence-electron chi connectivity index (χ0n) is 17.9. The van der Waals surface area contributed by atoms with Gasteiger partial charge in [-0.05, 0) is 45.3 Å². The largest absolute Gasteiger partial charge is 0.357 e. The average Bonchev–Trinajstić information content (AvgIpc) is 2.75. The average molecular weight is 417 g/mol. The van der Waals surface area contributed by atoms with E-state index in [9.17, 15) is 8.78 Å². The first-order valence-corrected chi connectivity index (χ1v) is 10.3. The number of aromatic nitrogens is 1. The molecule has 0 aliphatic carbocycles. The first-order valence-electron chi connectivity index (χ1n) is 10.3. The number of halogens is 2. The molecule has 30 heavy (non-hydrogen) atoms. The van der Waals surface area contributed by atoms with E-state index in [-0.39, 0.29) is 12.1 Å². The summed E-state index contributed by atoms with van der Waals surface area (Å²) >= 11 is 0. The number of anilines is 1. The summed E-state index contributed by atoms with van der Waals surface area (Å²) in [6.07, 6.45) is 1.80. The normalized spacial score (nSPS) is 16.1. The second kappa shape index (κ2) is 10.3. The maximum atomic E-state index is 14.3. The number of aliphatic imine (C=N–C) groups is 1. The van der Waals surface area contributed by atoms with Crippen molar-refractivity contribution in [1.29, 1.82) is 0 Å². The Kier molecular flexibility index (Phi) is 7.57. The molecule has 162 valence electrons. The molecule has 1 saturated heterocycles. The molecule has 0 bridgehead atoms. The lowest BCUT2D eigenvalue weighted by Crippen LogP contribution is -2.53. The van der Waals surface area contributed by atoms with Crippen LogP contribution in [0.4, 0.5) is 14.6 Å². The lowest BCUT2D eigenvalue weighted by molar-refractivity contribution is 0.288. The predicted molar refractivity (Wildman–Crippen MR) is 117 cm³/mol. The van der Waals surface area contributed by atoms with E-state index in [1.54, 1.807) is 11.1 Å². The number of guanidine groups is 1. The molecule has 2 aromatic rings. The molecule has 1 unspecified atom stereocenters. The van der Waals surface area contributed by atoms with Crippen LogP contribution in [0.5, 0.6) is 0 Å². The maximum Gasteiger partial charge on any atom is 0.194 e. The van der Waals surface area contributed by atoms with Gasteiger partial charge in [0.25, 0.3) is 0 Å². The maximum absolute atomic E-state index is 14.3. The highest BCUT2D eigenvalue weighted by Crippen LogP contribution is 2.25. The number of hydrogen-bond donors (Lipinski definition) is 1. The van der Waals surface area contributed by atoms with Crippen molar-refractivity contribution < 1.29 is 8.78 Å². The Hall–Kier alpha value is -2.74. The van der Waals surface area contributed by atoms with Crippen molar-refractivity contribution in [2.45, 2.75) is 13.0 Å². The third-order valence-corrected chi connectivity index (χ3v) is 5.26. The van der Waals surface area contributed by atoms with Gasteiger partial charge >= 0.3 is 0 Å². The number of hydrogen-bond acceptors (Lipinski definition) is 4. The zero-order chi connectivity index (χ0) is 21.5. The van der Waals surface area contributed by atoms with Gasteiger partial charge in [-0.3, -0.25) is 4.99 Å². The number of pyridine rings is 1. The van der Waals surface area contributed by atoms with Gasteiger partial charge in [0.05, 0.1) is 12.6 Å². The van der Waals surface area contributed by atoms with E-state index in [1.165, 1.54) is 18.2 Å². The quantitative estimate of drug-likeness (QED) is 0.580. The SMILES string of the molecule is CCNC(=NCC(c1c(F)cccc1F)N(C)C)N1CCN(c2ccccn2)CC1. The first-order chi connectivity index (χ1) is 14.5. The number of benzene rings is 1. The highest BCUT2D eigenvalue weighted by atomic mass is 19.1. The van der Waals surface area contributed by atoms with Gasteiger partial charge in [0.1, 0.15) is 17.5 Å². The van der Waals surface area contributed by atoms with Crippen LogP contribution in [0, 0.1) is 11.6 Å². The van der Waals surface area contributed by atoms with Crippen LogP contribution < -0.4 is 10.2 Å². The van der Waals surface area contributed by atoms with Crippen LogP contribution in [-0.2, 0) is 0 Å². The number of piperazine rings is 1. The molecule has 1 fully saturated rings. The van der Waals surface area contributed by atoms with Crippen molar-refractivity contribution in [1.82, 2.24) is 20.1 Å². The highest BCUT2D eigenvalue weighted by Gasteiger charge is 2.24. The standard InChI is InChI=1S/C22H30F2N6/c1-4-25-22(30-14-12-29(13-15-30)20-10-5-6-11-26-20)27-16-19(28(2)3)21-17(23)8-7-9-18(21)24/h5-11,19H,4,12-16H2,1-3H3,(H,25,27). The van der Waals surface area contributed by atoms with E-state index in [1.807, 2.05) is 39.2 Å². The molecule has 1 aliphatic rings. The van der Waals surface area contributed by atoms with Crippen molar-refractivity contribution >= 4 is 11.8 Å². The molecule has 1 atom stereocenters. The van der Waals surface area contributed by atoms with E-state index < -0.39 is 17.7 Å². The molecule has 3 rings (SSSR count). The van der Waals surface area contributed by atoms with Gasteiger partial charge in [-0.2, -0.15) is 0 Å². The summed E-state index contributed by atoms with van der Waals surface area (Å²) in [5, 5.41) is 3.32. The van der Waals surface area contributed by atoms with Crippen LogP contribution in [0.25, 0.3) is 0 Å². The summed E-state index contributed by atoms with van der Waals surface area (Å²) in [5.74, 6) is 0.652. The van der Waals surface area contributed by atoms with E-state index in [4.69, 9.17) is 4.99 Å². The minimum atomic E-state index is -0.544. The molecule has 1 aromatic heterocycles. The van der Waals surface area contributed by atoms with Gasteiger partial charge < -0.3 is 20.0 Å². The molecule has 0 radical (unpaired) electrons. The number of likely N-dealkylation sites (N-methyl/N-ethyl adjacent to an activating group) is 1. The van der Waals surface area contributed by atoms with E-state index in [0.29, 0.717) is 0 Å². The molecule has 6 nitrogen and oxygen atoms in total. The Labute approximate surface area is 177 Å². The van der Waals surface area contributed by atoms with Crippen LogP contribution >= 0.6 is 0 Å². The fourth-order valence-electron chi connectivity index (χ4n) is 3.63. The fraction of sp³-hybridized carbons (Fsp3) is 0.455. The van der Waals surface area contributed by atoms with Crippen molar-refractivity contribution in [2.75, 3.05) is 58.3 Å². The summed E-state index contributed by atoms with van der Waals surface area (Å²) < 4.78 is 28.7. The van der Waals surface area contributed by atoms with Crippen LogP contribution in [0.15, 0.2) is 47.6 Å². The number of nitrogens with zero attached hydrogens (tertiary/aromatic N) is 5. The number of nitrogens with one attached hydrogen (secondary N) is 1. The molecule has 2 heterocycles. The topological polar surface area (TPSA) is 47.0 Å². The molecule has 0 spiro atoms. The van der Waals surface area contributed by atoms with Gasteiger partial charge in [-0.25, -0.2) is 13.8 Å². The summed E-state index contributed by atoms with van der Waals surface area (Å²) in [6, 6.07) is 9.39. The monoisotopic (exact) mass is 416 g/mol. The second-order valence-corrected chi connectivity index (χ2v) is 7.47. The Morgan fingerprint density at radius 1 is 1.10 bits per heavy atom. The molecule has 8 heteroatoms. The molecule has 1 N–H and O–H groups in total. The van der Waals surface area contributed by atoms with Crippen molar-refractivity contribution in [3.05, 3.63) is 59.8 Å². The van der Waals surface area contributed by atoms with Crippen LogP contribution in [0.1, 0.15) is 18.5 Å². The predicted octanol–water partition coefficient (Wildman–Crippen LogP) is 2.75. The Balaban J connectivity index is 1.72. The van der Waals surface area contributed by atoms with E-state index in [0.717, 1.165) is 44.5 Å². The summed E-state index contributed by atoms with van der Waals surface area (Å²) in [6.45, 7) is 6.25. The molecule has 1 aromatic carbocycles. The second-order valence-electron chi connectivity index (χ2n) is 7.47. The molecule has 1 aliphatic heterocycles. The highest BCUT2D eigenvalue weighted by molar-refractivity contribution is 5.80. The fourth-order valence-corrected chi connectivity index (χ4v) is 3.63. The van der Waals surface area contributed by atoms with Crippen molar-refractivity contribution in [3.8, 4) is 0 Å². The Morgan fingerprint density at radius 2 is 1.80 bits per heavy atom. The zero-order valence-corrected chi connectivity index (χ0v) is 17.9. The Bertz CT molecular complexity index is 815. The third-order valence-electron chi connectivity index (χ3n) is 5.26. The van der Waals surface area contributed by atoms with Crippen molar-refractivity contribution in [3.63, 3.8) is 0 Å². The summed E-state index contributed by atoms with van der Waals surface area (Å²) in [5.41, 5.74) is 0.0575. The van der Waals surface area contributed by atoms with E-state index in [2.05, 4.69) is 20.1 Å². The first kappa shape index (κ1) is 22.0. The van der Waals surface area contributed by atoms with Gasteiger partial charge in [-0.15, -0.1) is 0 Å². The smallest absolute Gasteiger partial charge is 0.194 e. The van der Waals surface area contributed by atoms with Gasteiger partial charge in [0.2, 0.25) is 0 Å². The molecular formula is C22H30F2N6. The third kappa shape index (κ3) is 5.24. The minimum Gasteiger partial charge on any atom is -0.357 e. The lowest BCUT2D eigenvalue weighted by Gasteiger charge is -2.37. The lowest BCUT2D eigenvalue weighted by atomic mass is 10.0. The minimum absolute atomic E-state index is 0.0575. The van der Waals surface area contributed by atoms with Gasteiger partial charge in [0, 0.05) is 44.5 Å². The van der Waals surface area contributed by atoms with Crippen LogP contribution in [0.2, 0.25) is 0 Å². The summed E-state index contributed by atoms with van der Waals surface area (Å²) in [4.78, 5) is 15.4. The molecular weight excluding hydrogens is 386 g/mol. The molecule has 0 amide bonds. The van der Waals surface area contributed by atoms with Gasteiger partial charge in [0.15, 0.2) is 5.96 Å². The number of rotatable bonds is 6. The van der Waals surface area contributed by atoms with Crippen LogP contribution in [0.3, 0.4) is 0 Å². The van der Waals surface area contributed by atoms with E-state index >= 15 is 0 Å². The Morgan fingerprint density at radius 3 is 2.37 bits per heavy atom. The van der Waals surface area contributed by atoms with Gasteiger partial charge in [-0.1, -0.05) is 12.1 Å². The van der Waals surface area contributed by atoms with Crippen LogP contribution in [-0.4, -0.2) is 74.1 Å². The van der Waals surface area contributed by atoms with Crippen molar-refractivity contribution in [2.24, 2.45) is 4.99 Å². The molecule has 0 saturated carbocycles. The summed E-state index contributed by atoms with van der Waals surface area (Å²) in [7, 11) is 3.62.